The molecule has 0 radical (unpaired) electrons. The maximum absolute atomic E-state index is 15.4. The number of anilines is 1. The molecule has 1 atom stereocenters. The van der Waals surface area contributed by atoms with E-state index in [0.29, 0.717) is 28.1 Å². The van der Waals surface area contributed by atoms with Gasteiger partial charge in [0.1, 0.15) is 35.4 Å². The average molecular weight is 532 g/mol. The van der Waals surface area contributed by atoms with E-state index in [1.807, 2.05) is 12.1 Å². The number of nitrogens with one attached hydrogen (secondary N) is 1. The van der Waals surface area contributed by atoms with Crippen LogP contribution in [0, 0.1) is 5.82 Å². The smallest absolute Gasteiger partial charge is 0.249 e. The van der Waals surface area contributed by atoms with E-state index in [0.717, 1.165) is 25.7 Å². The quantitative estimate of drug-likeness (QED) is 0.343. The van der Waals surface area contributed by atoms with Gasteiger partial charge in [0.2, 0.25) is 11.8 Å². The molecule has 0 spiro atoms. The minimum atomic E-state index is -1.21. The van der Waals surface area contributed by atoms with Gasteiger partial charge in [-0.05, 0) is 54.8 Å². The minimum absolute atomic E-state index is 0.0238. The van der Waals surface area contributed by atoms with Crippen LogP contribution in [0.25, 0.3) is 11.0 Å². The van der Waals surface area contributed by atoms with Gasteiger partial charge < -0.3 is 14.8 Å². The maximum atomic E-state index is 15.4. The van der Waals surface area contributed by atoms with Gasteiger partial charge in [0, 0.05) is 12.1 Å². The lowest BCUT2D eigenvalue weighted by Gasteiger charge is -2.33. The predicted molar refractivity (Wildman–Crippen MR) is 144 cm³/mol. The Hall–Kier alpha value is -4.47. The van der Waals surface area contributed by atoms with Crippen molar-refractivity contribution in [2.24, 2.45) is 0 Å². The Morgan fingerprint density at radius 3 is 2.38 bits per heavy atom. The predicted octanol–water partition coefficient (Wildman–Crippen LogP) is 4.42. The van der Waals surface area contributed by atoms with Crippen LogP contribution >= 0.6 is 0 Å². The molecule has 3 aromatic carbocycles. The number of amides is 2. The molecule has 10 heteroatoms. The summed E-state index contributed by atoms with van der Waals surface area (Å²) in [5, 5.41) is 11.4. The van der Waals surface area contributed by atoms with Gasteiger partial charge in [0.15, 0.2) is 0 Å². The zero-order chi connectivity index (χ0) is 27.4. The summed E-state index contributed by atoms with van der Waals surface area (Å²) >= 11 is 0. The third kappa shape index (κ3) is 5.55. The Morgan fingerprint density at radius 1 is 1.03 bits per heavy atom. The fraction of sp³-hybridized carbons (Fsp3) is 0.310. The lowest BCUT2D eigenvalue weighted by molar-refractivity contribution is -0.127. The van der Waals surface area contributed by atoms with Crippen molar-refractivity contribution in [1.82, 2.24) is 20.3 Å². The number of halogens is 1. The first kappa shape index (κ1) is 26.1. The number of nitrogens with zero attached hydrogens (tertiary/aromatic N) is 4. The second-order valence-electron chi connectivity index (χ2n) is 9.49. The van der Waals surface area contributed by atoms with Crippen LogP contribution in [0.4, 0.5) is 10.1 Å². The van der Waals surface area contributed by atoms with E-state index in [-0.39, 0.29) is 18.3 Å². The van der Waals surface area contributed by atoms with Gasteiger partial charge in [-0.25, -0.2) is 9.07 Å². The molecule has 9 nitrogen and oxygen atoms in total. The van der Waals surface area contributed by atoms with Gasteiger partial charge in [-0.3, -0.25) is 14.5 Å². The van der Waals surface area contributed by atoms with E-state index in [4.69, 9.17) is 9.47 Å². The van der Waals surface area contributed by atoms with Crippen molar-refractivity contribution in [3.63, 3.8) is 0 Å². The molecule has 1 saturated carbocycles. The van der Waals surface area contributed by atoms with Crippen molar-refractivity contribution in [3.8, 4) is 11.5 Å². The van der Waals surface area contributed by atoms with E-state index in [9.17, 15) is 9.59 Å². The molecule has 1 fully saturated rings. The molecule has 2 amide bonds. The number of fused-ring (bicyclic) bond motifs is 1. The van der Waals surface area contributed by atoms with Gasteiger partial charge in [-0.15, -0.1) is 5.10 Å². The highest BCUT2D eigenvalue weighted by molar-refractivity contribution is 6.01. The summed E-state index contributed by atoms with van der Waals surface area (Å²) in [7, 11) is 3.00. The summed E-state index contributed by atoms with van der Waals surface area (Å²) in [5.41, 5.74) is 1.66. The van der Waals surface area contributed by atoms with Crippen LogP contribution in [0.5, 0.6) is 11.5 Å². The fourth-order valence-corrected chi connectivity index (χ4v) is 5.06. The zero-order valence-corrected chi connectivity index (χ0v) is 21.8. The number of hydrogen-bond donors (Lipinski definition) is 1. The number of methoxy groups -OCH3 is 2. The number of ether oxygens (including phenoxy) is 2. The van der Waals surface area contributed by atoms with E-state index >= 15 is 4.39 Å². The van der Waals surface area contributed by atoms with Gasteiger partial charge in [-0.1, -0.05) is 42.3 Å². The first-order valence-electron chi connectivity index (χ1n) is 12.9. The van der Waals surface area contributed by atoms with E-state index in [1.54, 1.807) is 36.4 Å². The molecule has 1 aliphatic rings. The van der Waals surface area contributed by atoms with Crippen molar-refractivity contribution in [2.75, 3.05) is 19.1 Å². The molecular formula is C29H30FN5O4. The topological polar surface area (TPSA) is 98.6 Å². The molecule has 4 aromatic rings. The molecule has 1 aliphatic carbocycles. The minimum Gasteiger partial charge on any atom is -0.497 e. The van der Waals surface area contributed by atoms with Gasteiger partial charge in [0.05, 0.1) is 25.4 Å². The third-order valence-electron chi connectivity index (χ3n) is 6.98. The van der Waals surface area contributed by atoms with Crippen LogP contribution in [0.2, 0.25) is 0 Å². The fourth-order valence-electron chi connectivity index (χ4n) is 5.06. The molecule has 0 aliphatic heterocycles. The van der Waals surface area contributed by atoms with Gasteiger partial charge in [0.25, 0.3) is 0 Å². The lowest BCUT2D eigenvalue weighted by atomic mass is 10.0. The van der Waals surface area contributed by atoms with Crippen molar-refractivity contribution in [2.45, 2.75) is 44.3 Å². The number of carbonyl (C=O) groups excluding carboxylic acids is 2. The van der Waals surface area contributed by atoms with Crippen LogP contribution in [-0.4, -0.2) is 47.1 Å². The zero-order valence-electron chi connectivity index (χ0n) is 21.8. The van der Waals surface area contributed by atoms with E-state index in [1.165, 1.54) is 42.0 Å². The number of aromatic nitrogens is 3. The summed E-state index contributed by atoms with van der Waals surface area (Å²) in [6.45, 7) is -0.261. The van der Waals surface area contributed by atoms with Crippen molar-refractivity contribution in [3.05, 3.63) is 78.1 Å². The summed E-state index contributed by atoms with van der Waals surface area (Å²) in [6, 6.07) is 16.9. The largest absolute Gasteiger partial charge is 0.497 e. The second kappa shape index (κ2) is 11.5. The van der Waals surface area contributed by atoms with Crippen molar-refractivity contribution in [1.29, 1.82) is 0 Å². The lowest BCUT2D eigenvalue weighted by Crippen LogP contribution is -2.47. The molecule has 0 saturated heterocycles. The number of rotatable bonds is 9. The highest BCUT2D eigenvalue weighted by Gasteiger charge is 2.36. The molecule has 1 aromatic heterocycles. The molecule has 1 N–H and O–H groups in total. The summed E-state index contributed by atoms with van der Waals surface area (Å²) in [6.07, 6.45) is 3.72. The Balaban J connectivity index is 1.63. The highest BCUT2D eigenvalue weighted by Crippen LogP contribution is 2.35. The van der Waals surface area contributed by atoms with E-state index in [2.05, 4.69) is 15.6 Å². The molecule has 0 bridgehead atoms. The second-order valence-corrected chi connectivity index (χ2v) is 9.49. The average Bonchev–Trinajstić information content (AvgIpc) is 3.62. The normalized spacial score (nSPS) is 14.2. The van der Waals surface area contributed by atoms with Crippen LogP contribution in [-0.2, 0) is 16.1 Å². The molecule has 1 heterocycles. The van der Waals surface area contributed by atoms with Gasteiger partial charge in [-0.2, -0.15) is 0 Å². The molecule has 39 heavy (non-hydrogen) atoms. The van der Waals surface area contributed by atoms with E-state index < -0.39 is 23.7 Å². The Labute approximate surface area is 225 Å². The van der Waals surface area contributed by atoms with Crippen molar-refractivity contribution < 1.29 is 23.5 Å². The SMILES string of the molecule is COc1cc(OC)cc(C(C(=O)NC2CCCC2)N(C(=O)Cn2nnc3ccccc32)c2ccccc2F)c1. The molecule has 5 rings (SSSR count). The number of hydrogen-bond acceptors (Lipinski definition) is 6. The molecule has 202 valence electrons. The summed E-state index contributed by atoms with van der Waals surface area (Å²) in [5.74, 6) is -0.721. The van der Waals surface area contributed by atoms with Crippen LogP contribution < -0.4 is 19.7 Å². The Bertz CT molecular complexity index is 1460. The molecule has 1 unspecified atom stereocenters. The standard InChI is InChI=1S/C29H30FN5O4/c1-38-21-15-19(16-22(17-21)39-2)28(29(37)31-20-9-3-4-10-20)35(25-13-7-5-11-23(25)30)27(36)18-34-26-14-8-6-12-24(26)32-33-34/h5-8,11-17,20,28H,3-4,9-10,18H2,1-2H3,(H,31,37). The first-order valence-corrected chi connectivity index (χ1v) is 12.9. The summed E-state index contributed by atoms with van der Waals surface area (Å²) in [4.78, 5) is 29.3. The van der Waals surface area contributed by atoms with Crippen LogP contribution in [0.15, 0.2) is 66.7 Å². The number of carbonyl (C=O) groups is 2. The van der Waals surface area contributed by atoms with Crippen LogP contribution in [0.3, 0.4) is 0 Å². The Kier molecular flexibility index (Phi) is 7.72. The van der Waals surface area contributed by atoms with Crippen LogP contribution in [0.1, 0.15) is 37.3 Å². The van der Waals surface area contributed by atoms with Gasteiger partial charge >= 0.3 is 0 Å². The Morgan fingerprint density at radius 2 is 1.69 bits per heavy atom. The number of para-hydroxylation sites is 2. The van der Waals surface area contributed by atoms with Crippen molar-refractivity contribution >= 4 is 28.5 Å². The monoisotopic (exact) mass is 531 g/mol. The third-order valence-corrected chi connectivity index (χ3v) is 6.98. The maximum Gasteiger partial charge on any atom is 0.249 e. The summed E-state index contributed by atoms with van der Waals surface area (Å²) < 4.78 is 27.7. The first-order chi connectivity index (χ1) is 19.0. The number of benzene rings is 3. The molecular weight excluding hydrogens is 501 g/mol. The highest BCUT2D eigenvalue weighted by atomic mass is 19.1.